The monoisotopic (exact) mass is 307 g/mol. The zero-order valence-corrected chi connectivity index (χ0v) is 12.9. The number of carbonyl (C=O) groups excluding carboxylic acids is 1. The van der Waals surface area contributed by atoms with Gasteiger partial charge in [-0.2, -0.15) is 0 Å². The fraction of sp³-hybridized carbons (Fsp3) is 0.562. The molecule has 5 heteroatoms. The molecule has 1 unspecified atom stereocenters. The summed E-state index contributed by atoms with van der Waals surface area (Å²) in [4.78, 5) is 12.8. The summed E-state index contributed by atoms with van der Waals surface area (Å²) >= 11 is 0. The van der Waals surface area contributed by atoms with Crippen LogP contribution in [0.1, 0.15) is 37.7 Å². The Balaban J connectivity index is 1.80. The van der Waals surface area contributed by atoms with Crippen molar-refractivity contribution in [3.8, 4) is 0 Å². The number of rotatable bonds is 3. The van der Waals surface area contributed by atoms with Crippen molar-refractivity contribution in [2.75, 3.05) is 11.5 Å². The third-order valence-electron chi connectivity index (χ3n) is 4.79. The van der Waals surface area contributed by atoms with E-state index in [9.17, 15) is 13.2 Å². The molecule has 0 radical (unpaired) electrons. The second-order valence-corrected chi connectivity index (χ2v) is 8.46. The first kappa shape index (κ1) is 14.6. The largest absolute Gasteiger partial charge is 0.352 e. The molecule has 1 N–H and O–H groups in total. The lowest BCUT2D eigenvalue weighted by Crippen LogP contribution is -2.47. The number of hydrogen-bond donors (Lipinski definition) is 1. The summed E-state index contributed by atoms with van der Waals surface area (Å²) in [6.45, 7) is 0. The van der Waals surface area contributed by atoms with E-state index in [1.807, 2.05) is 30.3 Å². The first-order valence-electron chi connectivity index (χ1n) is 7.59. The van der Waals surface area contributed by atoms with E-state index in [1.54, 1.807) is 0 Å². The van der Waals surface area contributed by atoms with E-state index in [2.05, 4.69) is 5.32 Å². The number of benzene rings is 1. The van der Waals surface area contributed by atoms with E-state index >= 15 is 0 Å². The molecular weight excluding hydrogens is 286 g/mol. The van der Waals surface area contributed by atoms with Crippen molar-refractivity contribution in [3.63, 3.8) is 0 Å². The van der Waals surface area contributed by atoms with E-state index in [4.69, 9.17) is 0 Å². The minimum Gasteiger partial charge on any atom is -0.352 e. The Hall–Kier alpha value is -1.36. The maximum atomic E-state index is 12.8. The fourth-order valence-corrected chi connectivity index (χ4v) is 5.29. The van der Waals surface area contributed by atoms with Crippen LogP contribution in [0.15, 0.2) is 30.3 Å². The van der Waals surface area contributed by atoms with Crippen LogP contribution in [0.25, 0.3) is 0 Å². The van der Waals surface area contributed by atoms with Gasteiger partial charge in [0.2, 0.25) is 5.91 Å². The second kappa shape index (κ2) is 5.44. The summed E-state index contributed by atoms with van der Waals surface area (Å²) in [6.07, 6.45) is 4.33. The molecule has 1 heterocycles. The van der Waals surface area contributed by atoms with Crippen LogP contribution in [0.2, 0.25) is 0 Å². The Morgan fingerprint density at radius 3 is 2.38 bits per heavy atom. The Labute approximate surface area is 125 Å². The van der Waals surface area contributed by atoms with Gasteiger partial charge >= 0.3 is 0 Å². The van der Waals surface area contributed by atoms with Crippen molar-refractivity contribution < 1.29 is 13.2 Å². The van der Waals surface area contributed by atoms with Crippen molar-refractivity contribution in [2.45, 2.75) is 43.6 Å². The molecule has 1 amide bonds. The first-order chi connectivity index (χ1) is 10.0. The van der Waals surface area contributed by atoms with Crippen molar-refractivity contribution in [2.24, 2.45) is 0 Å². The van der Waals surface area contributed by atoms with E-state index < -0.39 is 15.3 Å². The molecule has 2 aliphatic rings. The average Bonchev–Trinajstić information content (AvgIpc) is 3.07. The van der Waals surface area contributed by atoms with Gasteiger partial charge in [-0.1, -0.05) is 43.2 Å². The second-order valence-electron chi connectivity index (χ2n) is 6.23. The van der Waals surface area contributed by atoms with Gasteiger partial charge in [0.05, 0.1) is 16.9 Å². The summed E-state index contributed by atoms with van der Waals surface area (Å²) in [7, 11) is -2.96. The number of nitrogens with one attached hydrogen (secondary N) is 1. The van der Waals surface area contributed by atoms with Crippen LogP contribution in [-0.4, -0.2) is 31.9 Å². The number of carbonyl (C=O) groups is 1. The number of hydrogen-bond acceptors (Lipinski definition) is 3. The van der Waals surface area contributed by atoms with Crippen LogP contribution < -0.4 is 5.32 Å². The summed E-state index contributed by atoms with van der Waals surface area (Å²) < 4.78 is 23.1. The molecular formula is C16H21NO3S. The van der Waals surface area contributed by atoms with Crippen molar-refractivity contribution in [1.82, 2.24) is 5.32 Å². The van der Waals surface area contributed by atoms with Crippen LogP contribution >= 0.6 is 0 Å². The zero-order chi connectivity index (χ0) is 14.9. The summed E-state index contributed by atoms with van der Waals surface area (Å²) in [5.41, 5.74) is 0.592. The Morgan fingerprint density at radius 2 is 1.81 bits per heavy atom. The van der Waals surface area contributed by atoms with Crippen LogP contribution in [0.5, 0.6) is 0 Å². The van der Waals surface area contributed by atoms with E-state index in [0.29, 0.717) is 6.42 Å². The zero-order valence-electron chi connectivity index (χ0n) is 12.0. The summed E-state index contributed by atoms with van der Waals surface area (Å²) in [5, 5.41) is 3.00. The molecule has 4 nitrogen and oxygen atoms in total. The molecule has 1 aromatic rings. The van der Waals surface area contributed by atoms with Gasteiger partial charge in [-0.05, 0) is 24.8 Å². The van der Waals surface area contributed by atoms with Gasteiger partial charge in [0.1, 0.15) is 0 Å². The van der Waals surface area contributed by atoms with Crippen LogP contribution in [0.4, 0.5) is 0 Å². The smallest absolute Gasteiger partial charge is 0.230 e. The predicted molar refractivity (Wildman–Crippen MR) is 81.8 cm³/mol. The third kappa shape index (κ3) is 2.84. The number of amides is 1. The molecule has 1 atom stereocenters. The van der Waals surface area contributed by atoms with Gasteiger partial charge in [-0.15, -0.1) is 0 Å². The lowest BCUT2D eigenvalue weighted by atomic mass is 9.78. The van der Waals surface area contributed by atoms with Gasteiger partial charge in [0.15, 0.2) is 9.84 Å². The molecule has 1 aliphatic carbocycles. The number of sulfone groups is 1. The molecule has 114 valence electrons. The lowest BCUT2D eigenvalue weighted by molar-refractivity contribution is -0.127. The van der Waals surface area contributed by atoms with Crippen molar-refractivity contribution in [3.05, 3.63) is 35.9 Å². The topological polar surface area (TPSA) is 63.2 Å². The van der Waals surface area contributed by atoms with E-state index in [0.717, 1.165) is 31.2 Å². The van der Waals surface area contributed by atoms with Crippen molar-refractivity contribution in [1.29, 1.82) is 0 Å². The van der Waals surface area contributed by atoms with Crippen LogP contribution in [0.3, 0.4) is 0 Å². The fourth-order valence-electron chi connectivity index (χ4n) is 3.61. The SMILES string of the molecule is O=C(NC1CCS(=O)(=O)C1)C1(c2ccccc2)CCCC1. The molecule has 1 aliphatic heterocycles. The van der Waals surface area contributed by atoms with Gasteiger partial charge in [0.25, 0.3) is 0 Å². The Morgan fingerprint density at radius 1 is 1.14 bits per heavy atom. The summed E-state index contributed by atoms with van der Waals surface area (Å²) in [5.74, 6) is 0.285. The highest BCUT2D eigenvalue weighted by Crippen LogP contribution is 2.41. The normalized spacial score (nSPS) is 26.6. The Kier molecular flexibility index (Phi) is 3.78. The highest BCUT2D eigenvalue weighted by atomic mass is 32.2. The molecule has 3 rings (SSSR count). The van der Waals surface area contributed by atoms with E-state index in [1.165, 1.54) is 0 Å². The average molecular weight is 307 g/mol. The van der Waals surface area contributed by atoms with Crippen LogP contribution in [0, 0.1) is 0 Å². The third-order valence-corrected chi connectivity index (χ3v) is 6.55. The van der Waals surface area contributed by atoms with Gasteiger partial charge in [0, 0.05) is 6.04 Å². The quantitative estimate of drug-likeness (QED) is 0.926. The molecule has 0 spiro atoms. The molecule has 1 saturated carbocycles. The Bertz CT molecular complexity index is 618. The van der Waals surface area contributed by atoms with Gasteiger partial charge in [-0.25, -0.2) is 8.42 Å². The van der Waals surface area contributed by atoms with Gasteiger partial charge in [-0.3, -0.25) is 4.79 Å². The van der Waals surface area contributed by atoms with Crippen LogP contribution in [-0.2, 0) is 20.0 Å². The minimum atomic E-state index is -2.96. The minimum absolute atomic E-state index is 0.00769. The first-order valence-corrected chi connectivity index (χ1v) is 9.41. The highest BCUT2D eigenvalue weighted by Gasteiger charge is 2.44. The molecule has 1 saturated heterocycles. The highest BCUT2D eigenvalue weighted by molar-refractivity contribution is 7.91. The lowest BCUT2D eigenvalue weighted by Gasteiger charge is -2.29. The molecule has 1 aromatic carbocycles. The predicted octanol–water partition coefficient (Wildman–Crippen LogP) is 1.80. The van der Waals surface area contributed by atoms with Gasteiger partial charge < -0.3 is 5.32 Å². The molecule has 0 bridgehead atoms. The molecule has 0 aromatic heterocycles. The molecule has 21 heavy (non-hydrogen) atoms. The maximum absolute atomic E-state index is 12.8. The maximum Gasteiger partial charge on any atom is 0.230 e. The van der Waals surface area contributed by atoms with Crippen molar-refractivity contribution >= 4 is 15.7 Å². The standard InChI is InChI=1S/C16H21NO3S/c18-15(17-14-8-11-21(19,20)12-14)16(9-4-5-10-16)13-6-2-1-3-7-13/h1-3,6-7,14H,4-5,8-12H2,(H,17,18). The molecule has 2 fully saturated rings. The summed E-state index contributed by atoms with van der Waals surface area (Å²) in [6, 6.07) is 9.68. The van der Waals surface area contributed by atoms with E-state index in [-0.39, 0.29) is 23.5 Å².